The zero-order valence-corrected chi connectivity index (χ0v) is 9.85. The van der Waals surface area contributed by atoms with Crippen LogP contribution in [-0.2, 0) is 11.8 Å². The molecule has 0 amide bonds. The minimum absolute atomic E-state index is 0.172. The minimum Gasteiger partial charge on any atom is -0.377 e. The SMILES string of the molecule is COC(C)(C)CNc1c([N+](=O)[O-])ncn1C. The maximum atomic E-state index is 10.7. The number of rotatable bonds is 5. The van der Waals surface area contributed by atoms with E-state index >= 15 is 0 Å². The fourth-order valence-corrected chi connectivity index (χ4v) is 1.12. The molecular formula is C9H16N4O3. The zero-order valence-electron chi connectivity index (χ0n) is 9.85. The van der Waals surface area contributed by atoms with E-state index in [0.717, 1.165) is 0 Å². The van der Waals surface area contributed by atoms with E-state index in [1.54, 1.807) is 18.7 Å². The second-order valence-corrected chi connectivity index (χ2v) is 4.10. The molecule has 0 saturated carbocycles. The average Bonchev–Trinajstić information content (AvgIpc) is 2.57. The van der Waals surface area contributed by atoms with E-state index in [4.69, 9.17) is 4.74 Å². The number of nitrogens with zero attached hydrogens (tertiary/aromatic N) is 3. The summed E-state index contributed by atoms with van der Waals surface area (Å²) < 4.78 is 6.79. The third kappa shape index (κ3) is 2.69. The van der Waals surface area contributed by atoms with Crippen LogP contribution in [0.4, 0.5) is 11.6 Å². The van der Waals surface area contributed by atoms with E-state index in [-0.39, 0.29) is 5.82 Å². The summed E-state index contributed by atoms with van der Waals surface area (Å²) in [5.41, 5.74) is -0.391. The molecule has 0 fully saturated rings. The maximum absolute atomic E-state index is 10.7. The molecule has 0 saturated heterocycles. The number of nitrogens with one attached hydrogen (secondary N) is 1. The Morgan fingerprint density at radius 2 is 2.31 bits per heavy atom. The molecule has 1 aromatic heterocycles. The lowest BCUT2D eigenvalue weighted by Gasteiger charge is -2.23. The molecule has 0 aliphatic heterocycles. The highest BCUT2D eigenvalue weighted by atomic mass is 16.6. The standard InChI is InChI=1S/C9H16N4O3/c1-9(2,16-4)5-10-7-8(13(14)15)11-6-12(7)3/h6,10H,5H2,1-4H3. The Hall–Kier alpha value is -1.63. The number of methoxy groups -OCH3 is 1. The number of nitro groups is 1. The highest BCUT2D eigenvalue weighted by Crippen LogP contribution is 2.22. The van der Waals surface area contributed by atoms with Gasteiger partial charge in [-0.3, -0.25) is 4.57 Å². The van der Waals surface area contributed by atoms with Crippen molar-refractivity contribution < 1.29 is 9.66 Å². The van der Waals surface area contributed by atoms with Crippen molar-refractivity contribution in [1.82, 2.24) is 9.55 Å². The molecule has 0 aliphatic rings. The molecule has 0 bridgehead atoms. The van der Waals surface area contributed by atoms with Gasteiger partial charge in [0, 0.05) is 20.7 Å². The Morgan fingerprint density at radius 1 is 1.69 bits per heavy atom. The lowest BCUT2D eigenvalue weighted by atomic mass is 10.1. The van der Waals surface area contributed by atoms with Crippen LogP contribution in [0.3, 0.4) is 0 Å². The van der Waals surface area contributed by atoms with Gasteiger partial charge in [-0.2, -0.15) is 0 Å². The van der Waals surface area contributed by atoms with E-state index in [1.807, 2.05) is 13.8 Å². The number of ether oxygens (including phenoxy) is 1. The van der Waals surface area contributed by atoms with Crippen LogP contribution in [0, 0.1) is 10.1 Å². The molecule has 0 aliphatic carbocycles. The van der Waals surface area contributed by atoms with E-state index in [0.29, 0.717) is 12.4 Å². The van der Waals surface area contributed by atoms with Gasteiger partial charge in [-0.05, 0) is 23.8 Å². The van der Waals surface area contributed by atoms with E-state index in [9.17, 15) is 10.1 Å². The van der Waals surface area contributed by atoms with Crippen molar-refractivity contribution in [3.63, 3.8) is 0 Å². The quantitative estimate of drug-likeness (QED) is 0.604. The fourth-order valence-electron chi connectivity index (χ4n) is 1.12. The van der Waals surface area contributed by atoms with Gasteiger partial charge in [0.05, 0.1) is 5.60 Å². The summed E-state index contributed by atoms with van der Waals surface area (Å²) in [5, 5.41) is 13.7. The second-order valence-electron chi connectivity index (χ2n) is 4.10. The molecule has 0 spiro atoms. The largest absolute Gasteiger partial charge is 0.406 e. The van der Waals surface area contributed by atoms with Gasteiger partial charge in [0.2, 0.25) is 12.1 Å². The first-order valence-corrected chi connectivity index (χ1v) is 4.82. The van der Waals surface area contributed by atoms with E-state index < -0.39 is 10.5 Å². The Labute approximate surface area is 93.6 Å². The second kappa shape index (κ2) is 4.48. The lowest BCUT2D eigenvalue weighted by molar-refractivity contribution is -0.388. The molecule has 90 valence electrons. The van der Waals surface area contributed by atoms with Crippen molar-refractivity contribution in [3.05, 3.63) is 16.4 Å². The predicted octanol–water partition coefficient (Wildman–Crippen LogP) is 1.17. The van der Waals surface area contributed by atoms with Crippen molar-refractivity contribution in [2.24, 2.45) is 7.05 Å². The van der Waals surface area contributed by atoms with Gasteiger partial charge >= 0.3 is 5.82 Å². The van der Waals surface area contributed by atoms with Crippen molar-refractivity contribution in [3.8, 4) is 0 Å². The van der Waals surface area contributed by atoms with Crippen LogP contribution >= 0.6 is 0 Å². The molecule has 16 heavy (non-hydrogen) atoms. The maximum Gasteiger partial charge on any atom is 0.406 e. The van der Waals surface area contributed by atoms with Gasteiger partial charge in [-0.25, -0.2) is 0 Å². The molecule has 0 unspecified atom stereocenters. The van der Waals surface area contributed by atoms with Crippen molar-refractivity contribution in [2.75, 3.05) is 19.0 Å². The summed E-state index contributed by atoms with van der Waals surface area (Å²) in [6.45, 7) is 4.24. The molecule has 0 aromatic carbocycles. The van der Waals surface area contributed by atoms with Crippen LogP contribution < -0.4 is 5.32 Å². The van der Waals surface area contributed by atoms with Crippen LogP contribution in [0.5, 0.6) is 0 Å². The van der Waals surface area contributed by atoms with Crippen molar-refractivity contribution in [2.45, 2.75) is 19.4 Å². The highest BCUT2D eigenvalue weighted by Gasteiger charge is 2.23. The van der Waals surface area contributed by atoms with Gasteiger partial charge in [-0.15, -0.1) is 0 Å². The van der Waals surface area contributed by atoms with E-state index in [1.165, 1.54) is 6.33 Å². The van der Waals surface area contributed by atoms with Gasteiger partial charge in [0.15, 0.2) is 0 Å². The first-order chi connectivity index (χ1) is 7.37. The zero-order chi connectivity index (χ0) is 12.3. The average molecular weight is 228 g/mol. The molecule has 1 rings (SSSR count). The van der Waals surface area contributed by atoms with Crippen LogP contribution in [0.2, 0.25) is 0 Å². The molecule has 7 heteroatoms. The van der Waals surface area contributed by atoms with Crippen LogP contribution in [0.15, 0.2) is 6.33 Å². The van der Waals surface area contributed by atoms with Gasteiger partial charge in [0.25, 0.3) is 0 Å². The summed E-state index contributed by atoms with van der Waals surface area (Å²) in [5.74, 6) is 0.213. The van der Waals surface area contributed by atoms with Crippen LogP contribution in [0.1, 0.15) is 13.8 Å². The van der Waals surface area contributed by atoms with Crippen LogP contribution in [0.25, 0.3) is 0 Å². The molecule has 0 radical (unpaired) electrons. The first-order valence-electron chi connectivity index (χ1n) is 4.82. The molecule has 7 nitrogen and oxygen atoms in total. The fraction of sp³-hybridized carbons (Fsp3) is 0.667. The monoisotopic (exact) mass is 228 g/mol. The normalized spacial score (nSPS) is 11.5. The number of aromatic nitrogens is 2. The smallest absolute Gasteiger partial charge is 0.377 e. The summed E-state index contributed by atoms with van der Waals surface area (Å²) in [4.78, 5) is 13.9. The highest BCUT2D eigenvalue weighted by molar-refractivity contribution is 5.52. The topological polar surface area (TPSA) is 82.2 Å². The summed E-state index contributed by atoms with van der Waals surface area (Å²) in [6.07, 6.45) is 1.40. The number of imidazole rings is 1. The third-order valence-corrected chi connectivity index (χ3v) is 2.32. The Kier molecular flexibility index (Phi) is 3.48. The van der Waals surface area contributed by atoms with Crippen molar-refractivity contribution in [1.29, 1.82) is 0 Å². The Balaban J connectivity index is 2.81. The Morgan fingerprint density at radius 3 is 2.81 bits per heavy atom. The summed E-state index contributed by atoms with van der Waals surface area (Å²) >= 11 is 0. The van der Waals surface area contributed by atoms with Gasteiger partial charge < -0.3 is 20.2 Å². The number of hydrogen-bond donors (Lipinski definition) is 1. The number of aryl methyl sites for hydroxylation is 1. The first kappa shape index (κ1) is 12.4. The van der Waals surface area contributed by atoms with Crippen LogP contribution in [-0.4, -0.2) is 33.7 Å². The predicted molar refractivity (Wildman–Crippen MR) is 59.4 cm³/mol. The summed E-state index contributed by atoms with van der Waals surface area (Å²) in [7, 11) is 3.29. The van der Waals surface area contributed by atoms with E-state index in [2.05, 4.69) is 10.3 Å². The van der Waals surface area contributed by atoms with Gasteiger partial charge in [0.1, 0.15) is 0 Å². The molecule has 1 heterocycles. The molecule has 1 aromatic rings. The lowest BCUT2D eigenvalue weighted by Crippen LogP contribution is -2.32. The number of hydrogen-bond acceptors (Lipinski definition) is 5. The molecule has 0 atom stereocenters. The Bertz CT molecular complexity index is 386. The van der Waals surface area contributed by atoms with Gasteiger partial charge in [-0.1, -0.05) is 0 Å². The molecule has 1 N–H and O–H groups in total. The third-order valence-electron chi connectivity index (χ3n) is 2.32. The molecular weight excluding hydrogens is 212 g/mol. The number of anilines is 1. The minimum atomic E-state index is -0.512. The van der Waals surface area contributed by atoms with Crippen molar-refractivity contribution >= 4 is 11.6 Å². The summed E-state index contributed by atoms with van der Waals surface area (Å²) in [6, 6.07) is 0.